The molecule has 1 aliphatic rings. The Morgan fingerprint density at radius 1 is 1.31 bits per heavy atom. The van der Waals surface area contributed by atoms with Crippen LogP contribution in [0.1, 0.15) is 16.2 Å². The second-order valence-electron chi connectivity index (χ2n) is 6.93. The molecule has 8 nitrogen and oxygen atoms in total. The van der Waals surface area contributed by atoms with E-state index in [1.165, 1.54) is 41.4 Å². The molecule has 4 rings (SSSR count). The molecule has 0 saturated heterocycles. The quantitative estimate of drug-likeness (QED) is 0.655. The highest BCUT2D eigenvalue weighted by Gasteiger charge is 2.31. The van der Waals surface area contributed by atoms with Gasteiger partial charge in [-0.1, -0.05) is 11.6 Å². The summed E-state index contributed by atoms with van der Waals surface area (Å²) >= 11 is 6.15. The van der Waals surface area contributed by atoms with Crippen molar-refractivity contribution in [3.8, 4) is 23.1 Å². The Morgan fingerprint density at radius 3 is 2.78 bits per heavy atom. The monoisotopic (exact) mass is 451 g/mol. The molecule has 1 atom stereocenters. The van der Waals surface area contributed by atoms with Crippen molar-refractivity contribution in [2.24, 2.45) is 0 Å². The van der Waals surface area contributed by atoms with E-state index in [4.69, 9.17) is 21.6 Å². The van der Waals surface area contributed by atoms with Crippen LogP contribution in [0, 0.1) is 17.1 Å². The molecule has 32 heavy (non-hydrogen) atoms. The molecule has 1 aliphatic heterocycles. The van der Waals surface area contributed by atoms with Crippen LogP contribution < -0.4 is 15.0 Å². The van der Waals surface area contributed by atoms with Crippen molar-refractivity contribution in [1.29, 1.82) is 5.26 Å². The van der Waals surface area contributed by atoms with Gasteiger partial charge in [-0.2, -0.15) is 5.26 Å². The number of nitrogens with one attached hydrogen (secondary N) is 1. The first-order valence-corrected chi connectivity index (χ1v) is 9.79. The SMILES string of the molecule is CN1C(=O)C(NC(=O)c2ncc(Cl)c(-c3ccc(F)cc3)n2)COc2cc(C#N)ccc21. The van der Waals surface area contributed by atoms with Crippen molar-refractivity contribution in [1.82, 2.24) is 15.3 Å². The maximum atomic E-state index is 13.2. The third-order valence-electron chi connectivity index (χ3n) is 4.85. The van der Waals surface area contributed by atoms with Crippen molar-refractivity contribution in [3.05, 3.63) is 70.9 Å². The first-order valence-electron chi connectivity index (χ1n) is 9.41. The van der Waals surface area contributed by atoms with Gasteiger partial charge in [0.05, 0.1) is 34.2 Å². The Bertz CT molecular complexity index is 1260. The lowest BCUT2D eigenvalue weighted by Gasteiger charge is -2.20. The van der Waals surface area contributed by atoms with Gasteiger partial charge in [0.25, 0.3) is 11.8 Å². The molecule has 1 aromatic heterocycles. The van der Waals surface area contributed by atoms with Crippen LogP contribution in [0.5, 0.6) is 5.75 Å². The molecular formula is C22H15ClFN5O3. The van der Waals surface area contributed by atoms with Crippen molar-refractivity contribution in [2.45, 2.75) is 6.04 Å². The summed E-state index contributed by atoms with van der Waals surface area (Å²) in [5.41, 5.74) is 1.62. The second-order valence-corrected chi connectivity index (χ2v) is 7.33. The number of hydrogen-bond acceptors (Lipinski definition) is 6. The van der Waals surface area contributed by atoms with Crippen LogP contribution in [0.2, 0.25) is 5.02 Å². The van der Waals surface area contributed by atoms with Gasteiger partial charge in [0.15, 0.2) is 0 Å². The molecule has 2 aromatic carbocycles. The van der Waals surface area contributed by atoms with Crippen LogP contribution in [0.15, 0.2) is 48.7 Å². The lowest BCUT2D eigenvalue weighted by molar-refractivity contribution is -0.120. The number of hydrogen-bond donors (Lipinski definition) is 1. The van der Waals surface area contributed by atoms with Crippen LogP contribution in [-0.2, 0) is 4.79 Å². The Morgan fingerprint density at radius 2 is 2.06 bits per heavy atom. The summed E-state index contributed by atoms with van der Waals surface area (Å²) < 4.78 is 18.9. The number of carbonyl (C=O) groups excluding carboxylic acids is 2. The predicted octanol–water partition coefficient (Wildman–Crippen LogP) is 2.96. The minimum absolute atomic E-state index is 0.144. The number of anilines is 1. The molecule has 0 fully saturated rings. The smallest absolute Gasteiger partial charge is 0.289 e. The predicted molar refractivity (Wildman–Crippen MR) is 114 cm³/mol. The van der Waals surface area contributed by atoms with E-state index in [1.54, 1.807) is 19.2 Å². The van der Waals surface area contributed by atoms with E-state index in [0.29, 0.717) is 22.6 Å². The highest BCUT2D eigenvalue weighted by Crippen LogP contribution is 2.31. The minimum atomic E-state index is -1.01. The molecule has 0 saturated carbocycles. The van der Waals surface area contributed by atoms with Gasteiger partial charge in [-0.15, -0.1) is 0 Å². The third-order valence-corrected chi connectivity index (χ3v) is 5.13. The fourth-order valence-corrected chi connectivity index (χ4v) is 3.39. The van der Waals surface area contributed by atoms with E-state index in [-0.39, 0.29) is 23.1 Å². The van der Waals surface area contributed by atoms with Crippen LogP contribution in [0.25, 0.3) is 11.3 Å². The number of aromatic nitrogens is 2. The molecule has 3 aromatic rings. The number of likely N-dealkylation sites (N-methyl/N-ethyl adjacent to an activating group) is 1. The van der Waals surface area contributed by atoms with Crippen LogP contribution in [0.3, 0.4) is 0 Å². The van der Waals surface area contributed by atoms with Crippen LogP contribution in [-0.4, -0.2) is 41.5 Å². The topological polar surface area (TPSA) is 108 Å². The number of nitriles is 1. The summed E-state index contributed by atoms with van der Waals surface area (Å²) in [5, 5.41) is 11.8. The molecule has 2 heterocycles. The standard InChI is InChI=1S/C22H15ClFN5O3/c1-29-17-7-2-12(9-25)8-18(17)32-11-16(22(29)31)27-21(30)20-26-10-15(23)19(28-20)13-3-5-14(24)6-4-13/h2-8,10,16H,11H2,1H3,(H,27,30). The van der Waals surface area contributed by atoms with Gasteiger partial charge in [-0.25, -0.2) is 14.4 Å². The van der Waals surface area contributed by atoms with Crippen molar-refractivity contribution >= 4 is 29.1 Å². The van der Waals surface area contributed by atoms with Gasteiger partial charge in [0.1, 0.15) is 24.2 Å². The van der Waals surface area contributed by atoms with E-state index < -0.39 is 23.7 Å². The number of amides is 2. The second kappa shape index (κ2) is 8.61. The molecule has 0 spiro atoms. The third kappa shape index (κ3) is 4.08. The first-order chi connectivity index (χ1) is 15.4. The van der Waals surface area contributed by atoms with Gasteiger partial charge in [-0.05, 0) is 36.4 Å². The van der Waals surface area contributed by atoms with Crippen molar-refractivity contribution < 1.29 is 18.7 Å². The van der Waals surface area contributed by atoms with E-state index in [0.717, 1.165) is 0 Å². The lowest BCUT2D eigenvalue weighted by atomic mass is 10.1. The van der Waals surface area contributed by atoms with E-state index in [9.17, 15) is 14.0 Å². The summed E-state index contributed by atoms with van der Waals surface area (Å²) in [6.07, 6.45) is 1.26. The molecule has 0 radical (unpaired) electrons. The first kappa shape index (κ1) is 21.2. The zero-order valence-corrected chi connectivity index (χ0v) is 17.4. The minimum Gasteiger partial charge on any atom is -0.489 e. The number of rotatable bonds is 3. The lowest BCUT2D eigenvalue weighted by Crippen LogP contribution is -2.49. The summed E-state index contributed by atoms with van der Waals surface area (Å²) in [6.45, 7) is -0.144. The highest BCUT2D eigenvalue weighted by molar-refractivity contribution is 6.32. The molecular weight excluding hydrogens is 437 g/mol. The molecule has 2 amide bonds. The average molecular weight is 452 g/mol. The van der Waals surface area contributed by atoms with E-state index in [1.807, 2.05) is 6.07 Å². The van der Waals surface area contributed by atoms with Gasteiger partial charge < -0.3 is 15.0 Å². The summed E-state index contributed by atoms with van der Waals surface area (Å²) in [7, 11) is 1.55. The van der Waals surface area contributed by atoms with Crippen LogP contribution in [0.4, 0.5) is 10.1 Å². The molecule has 160 valence electrons. The number of halogens is 2. The summed E-state index contributed by atoms with van der Waals surface area (Å²) in [5.74, 6) is -1.38. The zero-order chi connectivity index (χ0) is 22.8. The van der Waals surface area contributed by atoms with Crippen LogP contribution >= 0.6 is 11.6 Å². The zero-order valence-electron chi connectivity index (χ0n) is 16.7. The Labute approximate surface area is 187 Å². The van der Waals surface area contributed by atoms with E-state index >= 15 is 0 Å². The number of ether oxygens (including phenoxy) is 1. The number of fused-ring (bicyclic) bond motifs is 1. The highest BCUT2D eigenvalue weighted by atomic mass is 35.5. The largest absolute Gasteiger partial charge is 0.489 e. The molecule has 1 unspecified atom stereocenters. The van der Waals surface area contributed by atoms with Gasteiger partial charge in [0, 0.05) is 18.7 Å². The normalized spacial score (nSPS) is 15.2. The average Bonchev–Trinajstić information content (AvgIpc) is 2.91. The fraction of sp³-hybridized carbons (Fsp3) is 0.136. The van der Waals surface area contributed by atoms with Crippen molar-refractivity contribution in [3.63, 3.8) is 0 Å². The number of nitrogens with zero attached hydrogens (tertiary/aromatic N) is 4. The fourth-order valence-electron chi connectivity index (χ4n) is 3.19. The molecule has 1 N–H and O–H groups in total. The van der Waals surface area contributed by atoms with Gasteiger partial charge in [-0.3, -0.25) is 9.59 Å². The maximum Gasteiger partial charge on any atom is 0.289 e. The van der Waals surface area contributed by atoms with Gasteiger partial charge in [0.2, 0.25) is 5.82 Å². The Kier molecular flexibility index (Phi) is 5.71. The van der Waals surface area contributed by atoms with Crippen molar-refractivity contribution in [2.75, 3.05) is 18.6 Å². The molecule has 0 bridgehead atoms. The summed E-state index contributed by atoms with van der Waals surface area (Å²) in [4.78, 5) is 35.1. The number of benzene rings is 2. The Balaban J connectivity index is 1.56. The molecule has 10 heteroatoms. The number of carbonyl (C=O) groups is 2. The maximum absolute atomic E-state index is 13.2. The summed E-state index contributed by atoms with van der Waals surface area (Å²) in [6, 6.07) is 11.2. The molecule has 0 aliphatic carbocycles. The Hall–Kier alpha value is -4.03. The van der Waals surface area contributed by atoms with Gasteiger partial charge >= 0.3 is 0 Å². The van der Waals surface area contributed by atoms with E-state index in [2.05, 4.69) is 15.3 Å².